The van der Waals surface area contributed by atoms with E-state index in [9.17, 15) is 14.7 Å². The van der Waals surface area contributed by atoms with E-state index < -0.39 is 12.0 Å². The predicted octanol–water partition coefficient (Wildman–Crippen LogP) is 2.93. The van der Waals surface area contributed by atoms with Gasteiger partial charge in [-0.05, 0) is 26.2 Å². The third-order valence-corrected chi connectivity index (χ3v) is 4.03. The zero-order chi connectivity index (χ0) is 16.7. The van der Waals surface area contributed by atoms with Crippen molar-refractivity contribution in [3.63, 3.8) is 0 Å². The quantitative estimate of drug-likeness (QED) is 0.734. The molecule has 0 bridgehead atoms. The van der Waals surface area contributed by atoms with E-state index in [2.05, 4.69) is 24.3 Å². The minimum atomic E-state index is -0.994. The maximum Gasteiger partial charge on any atom is 0.326 e. The topological polar surface area (TPSA) is 84.2 Å². The summed E-state index contributed by atoms with van der Waals surface area (Å²) >= 11 is 0. The molecule has 1 amide bonds. The highest BCUT2D eigenvalue weighted by atomic mass is 16.4. The van der Waals surface area contributed by atoms with Crippen molar-refractivity contribution in [3.8, 4) is 0 Å². The van der Waals surface area contributed by atoms with Gasteiger partial charge in [0.15, 0.2) is 0 Å². The molecule has 1 aromatic rings. The second-order valence-electron chi connectivity index (χ2n) is 5.57. The Balaban J connectivity index is 2.87. The summed E-state index contributed by atoms with van der Waals surface area (Å²) in [6.07, 6.45) is 5.51. The molecular weight excluding hydrogens is 282 g/mol. The Morgan fingerprint density at radius 3 is 2.45 bits per heavy atom. The number of carbonyl (C=O) groups is 2. The molecule has 22 heavy (non-hydrogen) atoms. The first kappa shape index (κ1) is 18.2. The second-order valence-corrected chi connectivity index (χ2v) is 5.57. The lowest BCUT2D eigenvalue weighted by atomic mass is 10.1. The van der Waals surface area contributed by atoms with Crippen LogP contribution in [0.25, 0.3) is 0 Å². The van der Waals surface area contributed by atoms with E-state index in [1.165, 1.54) is 6.20 Å². The van der Waals surface area contributed by atoms with Crippen LogP contribution in [0.5, 0.6) is 0 Å². The van der Waals surface area contributed by atoms with E-state index in [-0.39, 0.29) is 11.9 Å². The Bertz CT molecular complexity index is 507. The van der Waals surface area contributed by atoms with E-state index in [1.807, 2.05) is 18.5 Å². The third-order valence-electron chi connectivity index (χ3n) is 4.03. The van der Waals surface area contributed by atoms with Gasteiger partial charge < -0.3 is 10.4 Å². The summed E-state index contributed by atoms with van der Waals surface area (Å²) in [6, 6.07) is -0.583. The first-order valence-electron chi connectivity index (χ1n) is 8.03. The molecule has 6 heteroatoms. The van der Waals surface area contributed by atoms with Gasteiger partial charge in [0, 0.05) is 5.69 Å². The molecule has 0 aromatic carbocycles. The molecule has 0 unspecified atom stereocenters. The number of amides is 1. The van der Waals surface area contributed by atoms with Crippen LogP contribution in [0.2, 0.25) is 0 Å². The van der Waals surface area contributed by atoms with Crippen LogP contribution in [-0.2, 0) is 4.79 Å². The van der Waals surface area contributed by atoms with Crippen LogP contribution >= 0.6 is 0 Å². The van der Waals surface area contributed by atoms with Gasteiger partial charge >= 0.3 is 5.97 Å². The Morgan fingerprint density at radius 1 is 1.32 bits per heavy atom. The molecule has 124 valence electrons. The average Bonchev–Trinajstić information content (AvgIpc) is 2.86. The van der Waals surface area contributed by atoms with Crippen molar-refractivity contribution in [2.45, 2.75) is 71.9 Å². The summed E-state index contributed by atoms with van der Waals surface area (Å²) < 4.78 is 1.86. The standard InChI is InChI=1S/C16H27N3O3/c1-5-8-9-14(16(21)22)18-15(20)13-10-17-19(11(13)4)12(6-2)7-3/h10,12,14H,5-9H2,1-4H3,(H,18,20)(H,21,22)/t14-/m0/s1. The van der Waals surface area contributed by atoms with Gasteiger partial charge in [0.05, 0.1) is 17.8 Å². The van der Waals surface area contributed by atoms with Crippen LogP contribution < -0.4 is 5.32 Å². The lowest BCUT2D eigenvalue weighted by molar-refractivity contribution is -0.139. The summed E-state index contributed by atoms with van der Waals surface area (Å²) in [6.45, 7) is 8.01. The Hall–Kier alpha value is -1.85. The SMILES string of the molecule is CCCC[C@H](NC(=O)c1cnn(C(CC)CC)c1C)C(=O)O. The minimum Gasteiger partial charge on any atom is -0.480 e. The van der Waals surface area contributed by atoms with E-state index in [0.29, 0.717) is 12.0 Å². The summed E-state index contributed by atoms with van der Waals surface area (Å²) in [7, 11) is 0. The van der Waals surface area contributed by atoms with Crippen LogP contribution in [0.15, 0.2) is 6.20 Å². The number of rotatable bonds is 9. The highest BCUT2D eigenvalue weighted by Gasteiger charge is 2.23. The molecule has 0 fully saturated rings. The molecule has 1 rings (SSSR count). The lowest BCUT2D eigenvalue weighted by Gasteiger charge is -2.16. The molecule has 0 spiro atoms. The van der Waals surface area contributed by atoms with Crippen molar-refractivity contribution in [2.24, 2.45) is 0 Å². The molecule has 0 aliphatic rings. The van der Waals surface area contributed by atoms with Crippen molar-refractivity contribution in [1.29, 1.82) is 0 Å². The van der Waals surface area contributed by atoms with Gasteiger partial charge in [0.25, 0.3) is 5.91 Å². The number of carboxylic acid groups (broad SMARTS) is 1. The van der Waals surface area contributed by atoms with Crippen molar-refractivity contribution in [3.05, 3.63) is 17.5 Å². The van der Waals surface area contributed by atoms with Crippen molar-refractivity contribution >= 4 is 11.9 Å². The van der Waals surface area contributed by atoms with Crippen molar-refractivity contribution in [1.82, 2.24) is 15.1 Å². The molecule has 0 aliphatic heterocycles. The van der Waals surface area contributed by atoms with E-state index in [1.54, 1.807) is 0 Å². The average molecular weight is 309 g/mol. The van der Waals surface area contributed by atoms with Gasteiger partial charge in [-0.2, -0.15) is 5.10 Å². The molecule has 0 aliphatic carbocycles. The monoisotopic (exact) mass is 309 g/mol. The highest BCUT2D eigenvalue weighted by Crippen LogP contribution is 2.19. The number of carboxylic acids is 1. The summed E-state index contributed by atoms with van der Waals surface area (Å²) in [5.41, 5.74) is 1.24. The Kier molecular flexibility index (Phi) is 7.08. The maximum atomic E-state index is 12.3. The van der Waals surface area contributed by atoms with Gasteiger partial charge in [-0.15, -0.1) is 0 Å². The molecule has 2 N–H and O–H groups in total. The third kappa shape index (κ3) is 4.32. The lowest BCUT2D eigenvalue weighted by Crippen LogP contribution is -2.40. The fourth-order valence-electron chi connectivity index (χ4n) is 2.55. The number of carbonyl (C=O) groups excluding carboxylic acids is 1. The Morgan fingerprint density at radius 2 is 1.95 bits per heavy atom. The first-order chi connectivity index (χ1) is 10.5. The van der Waals surface area contributed by atoms with Gasteiger partial charge in [-0.25, -0.2) is 4.79 Å². The molecule has 1 heterocycles. The minimum absolute atomic E-state index is 0.261. The largest absolute Gasteiger partial charge is 0.480 e. The zero-order valence-electron chi connectivity index (χ0n) is 13.9. The van der Waals surface area contributed by atoms with E-state index in [0.717, 1.165) is 31.4 Å². The molecular formula is C16H27N3O3. The van der Waals surface area contributed by atoms with E-state index >= 15 is 0 Å². The summed E-state index contributed by atoms with van der Waals surface area (Å²) in [5, 5.41) is 16.1. The molecule has 0 radical (unpaired) electrons. The summed E-state index contributed by atoms with van der Waals surface area (Å²) in [5.74, 6) is -1.36. The molecule has 1 atom stereocenters. The predicted molar refractivity (Wildman–Crippen MR) is 85.0 cm³/mol. The van der Waals surface area contributed by atoms with Crippen molar-refractivity contribution in [2.75, 3.05) is 0 Å². The number of hydrogen-bond acceptors (Lipinski definition) is 3. The van der Waals surface area contributed by atoms with Gasteiger partial charge in [-0.1, -0.05) is 33.6 Å². The number of nitrogens with zero attached hydrogens (tertiary/aromatic N) is 2. The van der Waals surface area contributed by atoms with Crippen LogP contribution in [0.1, 0.15) is 75.0 Å². The van der Waals surface area contributed by atoms with Crippen LogP contribution in [-0.4, -0.2) is 32.8 Å². The smallest absolute Gasteiger partial charge is 0.326 e. The van der Waals surface area contributed by atoms with Crippen LogP contribution in [0, 0.1) is 6.92 Å². The number of nitrogens with one attached hydrogen (secondary N) is 1. The van der Waals surface area contributed by atoms with Crippen LogP contribution in [0.3, 0.4) is 0 Å². The first-order valence-corrected chi connectivity index (χ1v) is 8.03. The van der Waals surface area contributed by atoms with Crippen molar-refractivity contribution < 1.29 is 14.7 Å². The van der Waals surface area contributed by atoms with Gasteiger partial charge in [-0.3, -0.25) is 9.48 Å². The fourth-order valence-corrected chi connectivity index (χ4v) is 2.55. The highest BCUT2D eigenvalue weighted by molar-refractivity contribution is 5.97. The summed E-state index contributed by atoms with van der Waals surface area (Å²) in [4.78, 5) is 23.6. The Labute approximate surface area is 131 Å². The molecule has 0 saturated heterocycles. The molecule has 0 saturated carbocycles. The second kappa shape index (κ2) is 8.56. The number of unbranched alkanes of at least 4 members (excludes halogenated alkanes) is 1. The number of aromatic nitrogens is 2. The maximum absolute atomic E-state index is 12.3. The van der Waals surface area contributed by atoms with E-state index in [4.69, 9.17) is 0 Å². The number of aliphatic carboxylic acids is 1. The normalized spacial score (nSPS) is 12.4. The number of hydrogen-bond donors (Lipinski definition) is 2. The fraction of sp³-hybridized carbons (Fsp3) is 0.688. The zero-order valence-corrected chi connectivity index (χ0v) is 13.9. The van der Waals surface area contributed by atoms with Gasteiger partial charge in [0.2, 0.25) is 0 Å². The molecule has 6 nitrogen and oxygen atoms in total. The van der Waals surface area contributed by atoms with Crippen LogP contribution in [0.4, 0.5) is 0 Å². The van der Waals surface area contributed by atoms with Gasteiger partial charge in [0.1, 0.15) is 6.04 Å². The molecule has 1 aromatic heterocycles.